The van der Waals surface area contributed by atoms with Crippen molar-refractivity contribution in [2.45, 2.75) is 33.0 Å². The molecular formula is C25H21F2N7O2. The molecule has 2 aromatic heterocycles. The number of halogens is 2. The lowest BCUT2D eigenvalue weighted by Crippen LogP contribution is -2.25. The molecule has 1 N–H and O–H groups in total. The van der Waals surface area contributed by atoms with Gasteiger partial charge in [-0.05, 0) is 83.9 Å². The van der Waals surface area contributed by atoms with Crippen LogP contribution in [0.5, 0.6) is 0 Å². The molecule has 4 aromatic rings. The van der Waals surface area contributed by atoms with Gasteiger partial charge >= 0.3 is 0 Å². The van der Waals surface area contributed by atoms with E-state index < -0.39 is 17.5 Å². The van der Waals surface area contributed by atoms with Crippen LogP contribution < -0.4 is 5.32 Å². The van der Waals surface area contributed by atoms with Gasteiger partial charge in [0.1, 0.15) is 23.1 Å². The Labute approximate surface area is 204 Å². The van der Waals surface area contributed by atoms with Crippen molar-refractivity contribution in [3.8, 4) is 11.5 Å². The summed E-state index contributed by atoms with van der Waals surface area (Å²) in [5.41, 5.74) is 1.90. The molecule has 0 bridgehead atoms. The molecular weight excluding hydrogens is 468 g/mol. The number of hydrogen-bond donors (Lipinski definition) is 1. The second kappa shape index (κ2) is 9.25. The number of fused-ring (bicyclic) bond motifs is 1. The summed E-state index contributed by atoms with van der Waals surface area (Å²) in [6.45, 7) is 4.25. The van der Waals surface area contributed by atoms with E-state index >= 15 is 0 Å². The largest absolute Gasteiger partial charge is 0.330 e. The molecule has 182 valence electrons. The number of aromatic nitrogens is 5. The fourth-order valence-corrected chi connectivity index (χ4v) is 4.04. The summed E-state index contributed by atoms with van der Waals surface area (Å²) in [4.78, 5) is 31.6. The minimum Gasteiger partial charge on any atom is -0.330 e. The smallest absolute Gasteiger partial charge is 0.259 e. The van der Waals surface area contributed by atoms with Crippen molar-refractivity contribution in [1.82, 2.24) is 30.1 Å². The van der Waals surface area contributed by atoms with Gasteiger partial charge in [-0.3, -0.25) is 9.59 Å². The maximum absolute atomic E-state index is 14.9. The van der Waals surface area contributed by atoms with E-state index in [4.69, 9.17) is 0 Å². The molecule has 9 nitrogen and oxygen atoms in total. The molecule has 2 amide bonds. The van der Waals surface area contributed by atoms with Crippen LogP contribution in [0.15, 0.2) is 54.6 Å². The fourth-order valence-electron chi connectivity index (χ4n) is 4.04. The van der Waals surface area contributed by atoms with Crippen LogP contribution >= 0.6 is 0 Å². The summed E-state index contributed by atoms with van der Waals surface area (Å²) in [5.74, 6) is -1.47. The van der Waals surface area contributed by atoms with Gasteiger partial charge in [0.25, 0.3) is 11.8 Å². The summed E-state index contributed by atoms with van der Waals surface area (Å²) >= 11 is 0. The van der Waals surface area contributed by atoms with Gasteiger partial charge in [-0.2, -0.15) is 0 Å². The minimum atomic E-state index is -0.706. The Hall–Kier alpha value is -4.54. The lowest BCUT2D eigenvalue weighted by atomic mass is 10.1. The number of benzene rings is 2. The first kappa shape index (κ1) is 23.2. The Kier molecular flexibility index (Phi) is 5.96. The molecule has 0 unspecified atom stereocenters. The molecule has 3 heterocycles. The first-order valence-corrected chi connectivity index (χ1v) is 11.2. The van der Waals surface area contributed by atoms with E-state index in [2.05, 4.69) is 25.8 Å². The van der Waals surface area contributed by atoms with Crippen LogP contribution in [0.25, 0.3) is 11.5 Å². The zero-order valence-corrected chi connectivity index (χ0v) is 19.4. The molecule has 0 saturated carbocycles. The highest BCUT2D eigenvalue weighted by Crippen LogP contribution is 2.28. The van der Waals surface area contributed by atoms with Gasteiger partial charge in [0.2, 0.25) is 5.82 Å². The normalized spacial score (nSPS) is 12.6. The number of hydrogen-bond acceptors (Lipinski definition) is 6. The molecule has 0 radical (unpaired) electrons. The summed E-state index contributed by atoms with van der Waals surface area (Å²) in [7, 11) is 0. The Morgan fingerprint density at radius 2 is 1.72 bits per heavy atom. The molecule has 0 saturated heterocycles. The SMILES string of the molecule is CC(C)n1nnnc1-c1cccc(NC(=O)c2cc3c(cc2F)CN(C(=O)c2ccc(F)cc2)C3)n1. The Morgan fingerprint density at radius 1 is 1.00 bits per heavy atom. The average molecular weight is 489 g/mol. The number of carbonyl (C=O) groups is 2. The number of anilines is 1. The monoisotopic (exact) mass is 489 g/mol. The number of nitrogens with one attached hydrogen (secondary N) is 1. The van der Waals surface area contributed by atoms with Crippen LogP contribution in [0.2, 0.25) is 0 Å². The number of tetrazole rings is 1. The van der Waals surface area contributed by atoms with Crippen molar-refractivity contribution < 1.29 is 18.4 Å². The van der Waals surface area contributed by atoms with E-state index in [1.54, 1.807) is 22.9 Å². The lowest BCUT2D eigenvalue weighted by molar-refractivity contribution is 0.0751. The van der Waals surface area contributed by atoms with Gasteiger partial charge in [0.05, 0.1) is 11.6 Å². The Balaban J connectivity index is 1.34. The zero-order chi connectivity index (χ0) is 25.4. The van der Waals surface area contributed by atoms with Gasteiger partial charge in [0.15, 0.2) is 0 Å². The molecule has 0 spiro atoms. The molecule has 5 rings (SSSR count). The number of amides is 2. The van der Waals surface area contributed by atoms with E-state index in [9.17, 15) is 18.4 Å². The third-order valence-electron chi connectivity index (χ3n) is 5.84. The highest BCUT2D eigenvalue weighted by atomic mass is 19.1. The first-order chi connectivity index (χ1) is 17.3. The van der Waals surface area contributed by atoms with Crippen LogP contribution in [0.4, 0.5) is 14.6 Å². The highest BCUT2D eigenvalue weighted by Gasteiger charge is 2.27. The molecule has 0 fully saturated rings. The third kappa shape index (κ3) is 4.42. The van der Waals surface area contributed by atoms with Gasteiger partial charge in [0, 0.05) is 18.7 Å². The van der Waals surface area contributed by atoms with Crippen molar-refractivity contribution in [2.24, 2.45) is 0 Å². The third-order valence-corrected chi connectivity index (χ3v) is 5.84. The number of nitrogens with zero attached hydrogens (tertiary/aromatic N) is 6. The summed E-state index contributed by atoms with van der Waals surface area (Å²) in [5, 5.41) is 14.3. The molecule has 1 aliphatic heterocycles. The maximum atomic E-state index is 14.9. The van der Waals surface area contributed by atoms with Gasteiger partial charge in [-0.25, -0.2) is 18.4 Å². The molecule has 0 atom stereocenters. The Morgan fingerprint density at radius 3 is 2.44 bits per heavy atom. The predicted octanol–water partition coefficient (Wildman–Crippen LogP) is 4.00. The standard InChI is InChI=1S/C25H21F2N7O2/c1-14(2)34-23(30-31-32-34)21-4-3-5-22(28-21)29-24(35)19-10-16-12-33(13-17(16)11-20(19)27)25(36)15-6-8-18(26)9-7-15/h3-11,14H,12-13H2,1-2H3,(H,28,29,35). The van der Waals surface area contributed by atoms with Crippen LogP contribution in [0.1, 0.15) is 51.7 Å². The number of carbonyl (C=O) groups excluding carboxylic acids is 2. The topological polar surface area (TPSA) is 106 Å². The van der Waals surface area contributed by atoms with Crippen LogP contribution in [-0.4, -0.2) is 41.9 Å². The van der Waals surface area contributed by atoms with Crippen molar-refractivity contribution >= 4 is 17.6 Å². The first-order valence-electron chi connectivity index (χ1n) is 11.2. The minimum absolute atomic E-state index is 0.00469. The van der Waals surface area contributed by atoms with Gasteiger partial charge in [-0.1, -0.05) is 6.07 Å². The molecule has 2 aromatic carbocycles. The number of pyridine rings is 1. The van der Waals surface area contributed by atoms with E-state index in [1.165, 1.54) is 41.3 Å². The molecule has 36 heavy (non-hydrogen) atoms. The van der Waals surface area contributed by atoms with Crippen LogP contribution in [0.3, 0.4) is 0 Å². The quantitative estimate of drug-likeness (QED) is 0.454. The second-order valence-corrected chi connectivity index (χ2v) is 8.67. The Bertz CT molecular complexity index is 1470. The van der Waals surface area contributed by atoms with Gasteiger partial charge in [-0.15, -0.1) is 5.10 Å². The predicted molar refractivity (Wildman–Crippen MR) is 126 cm³/mol. The molecule has 0 aliphatic carbocycles. The fraction of sp³-hybridized carbons (Fsp3) is 0.200. The molecule has 11 heteroatoms. The van der Waals surface area contributed by atoms with Crippen molar-refractivity contribution in [2.75, 3.05) is 5.32 Å². The summed E-state index contributed by atoms with van der Waals surface area (Å²) < 4.78 is 29.7. The van der Waals surface area contributed by atoms with E-state index in [0.29, 0.717) is 28.2 Å². The number of rotatable bonds is 5. The van der Waals surface area contributed by atoms with Crippen molar-refractivity contribution in [3.63, 3.8) is 0 Å². The maximum Gasteiger partial charge on any atom is 0.259 e. The highest BCUT2D eigenvalue weighted by molar-refractivity contribution is 6.04. The summed E-state index contributed by atoms with van der Waals surface area (Å²) in [6, 6.07) is 12.9. The zero-order valence-electron chi connectivity index (χ0n) is 19.4. The van der Waals surface area contributed by atoms with Crippen molar-refractivity contribution in [3.05, 3.63) is 88.5 Å². The van der Waals surface area contributed by atoms with E-state index in [0.717, 1.165) is 0 Å². The second-order valence-electron chi connectivity index (χ2n) is 8.67. The summed E-state index contributed by atoms with van der Waals surface area (Å²) in [6.07, 6.45) is 0. The average Bonchev–Trinajstić information content (AvgIpc) is 3.51. The van der Waals surface area contributed by atoms with Crippen molar-refractivity contribution in [1.29, 1.82) is 0 Å². The van der Waals surface area contributed by atoms with Crippen LogP contribution in [0, 0.1) is 11.6 Å². The van der Waals surface area contributed by atoms with E-state index in [-0.39, 0.29) is 36.4 Å². The van der Waals surface area contributed by atoms with E-state index in [1.807, 2.05) is 13.8 Å². The molecule has 1 aliphatic rings. The lowest BCUT2D eigenvalue weighted by Gasteiger charge is -2.15. The van der Waals surface area contributed by atoms with Crippen LogP contribution in [-0.2, 0) is 13.1 Å². The van der Waals surface area contributed by atoms with Gasteiger partial charge < -0.3 is 10.2 Å².